The van der Waals surface area contributed by atoms with Gasteiger partial charge in [0.05, 0.1) is 7.11 Å². The van der Waals surface area contributed by atoms with E-state index in [9.17, 15) is 0 Å². The van der Waals surface area contributed by atoms with Crippen LogP contribution in [0.2, 0.25) is 0 Å². The first-order chi connectivity index (χ1) is 8.35. The Bertz CT molecular complexity index is 494. The first-order valence-corrected chi connectivity index (χ1v) is 5.77. The summed E-state index contributed by atoms with van der Waals surface area (Å²) < 4.78 is 5.25. The molecule has 0 amide bonds. The van der Waals surface area contributed by atoms with E-state index in [0.29, 0.717) is 6.54 Å². The third-order valence-corrected chi connectivity index (χ3v) is 2.81. The molecule has 0 radical (unpaired) electrons. The summed E-state index contributed by atoms with van der Waals surface area (Å²) in [5.74, 6) is 0.880. The molecule has 0 saturated carbocycles. The zero-order valence-electron chi connectivity index (χ0n) is 10.0. The zero-order valence-corrected chi connectivity index (χ0v) is 10.0. The lowest BCUT2D eigenvalue weighted by molar-refractivity contribution is 0.415. The molecular formula is C15H17NO. The van der Waals surface area contributed by atoms with Gasteiger partial charge in [-0.3, -0.25) is 0 Å². The van der Waals surface area contributed by atoms with Crippen LogP contribution in [0.25, 0.3) is 11.1 Å². The Morgan fingerprint density at radius 1 is 1.06 bits per heavy atom. The molecule has 0 unspecified atom stereocenters. The van der Waals surface area contributed by atoms with E-state index in [1.54, 1.807) is 7.11 Å². The van der Waals surface area contributed by atoms with Crippen molar-refractivity contribution in [1.29, 1.82) is 0 Å². The highest BCUT2D eigenvalue weighted by molar-refractivity contribution is 5.68. The summed E-state index contributed by atoms with van der Waals surface area (Å²) in [5.41, 5.74) is 9.33. The average molecular weight is 227 g/mol. The Balaban J connectivity index is 2.44. The third kappa shape index (κ3) is 2.66. The van der Waals surface area contributed by atoms with Gasteiger partial charge < -0.3 is 10.5 Å². The lowest BCUT2D eigenvalue weighted by Gasteiger charge is -2.09. The second kappa shape index (κ2) is 5.51. The van der Waals surface area contributed by atoms with Gasteiger partial charge in [0, 0.05) is 0 Å². The van der Waals surface area contributed by atoms with Crippen molar-refractivity contribution in [3.05, 3.63) is 54.1 Å². The maximum atomic E-state index is 5.64. The van der Waals surface area contributed by atoms with Gasteiger partial charge in [-0.15, -0.1) is 0 Å². The van der Waals surface area contributed by atoms with Gasteiger partial charge in [-0.2, -0.15) is 0 Å². The van der Waals surface area contributed by atoms with E-state index in [-0.39, 0.29) is 0 Å². The Morgan fingerprint density at radius 3 is 2.65 bits per heavy atom. The number of hydrogen-bond donors (Lipinski definition) is 1. The van der Waals surface area contributed by atoms with Crippen molar-refractivity contribution in [1.82, 2.24) is 0 Å². The molecule has 2 nitrogen and oxygen atoms in total. The highest BCUT2D eigenvalue weighted by Gasteiger charge is 2.04. The van der Waals surface area contributed by atoms with Gasteiger partial charge >= 0.3 is 0 Å². The Kier molecular flexibility index (Phi) is 3.78. The molecule has 0 aromatic heterocycles. The van der Waals surface area contributed by atoms with Crippen LogP contribution in [0.15, 0.2) is 48.5 Å². The van der Waals surface area contributed by atoms with E-state index in [1.807, 2.05) is 12.1 Å². The molecule has 2 aromatic carbocycles. The van der Waals surface area contributed by atoms with E-state index in [2.05, 4.69) is 36.4 Å². The fourth-order valence-corrected chi connectivity index (χ4v) is 1.97. The van der Waals surface area contributed by atoms with Crippen LogP contribution in [0.1, 0.15) is 5.56 Å². The lowest BCUT2D eigenvalue weighted by atomic mass is 9.97. The van der Waals surface area contributed by atoms with E-state index >= 15 is 0 Å². The van der Waals surface area contributed by atoms with Crippen molar-refractivity contribution < 1.29 is 4.74 Å². The molecule has 88 valence electrons. The summed E-state index contributed by atoms with van der Waals surface area (Å²) in [6.45, 7) is 0.668. The van der Waals surface area contributed by atoms with E-state index in [0.717, 1.165) is 12.2 Å². The first-order valence-electron chi connectivity index (χ1n) is 5.77. The van der Waals surface area contributed by atoms with Crippen LogP contribution in [0.5, 0.6) is 5.75 Å². The van der Waals surface area contributed by atoms with Crippen molar-refractivity contribution in [3.63, 3.8) is 0 Å². The molecular weight excluding hydrogens is 210 g/mol. The van der Waals surface area contributed by atoms with Crippen molar-refractivity contribution in [2.45, 2.75) is 6.42 Å². The number of benzene rings is 2. The Labute approximate surface area is 102 Å². The number of rotatable bonds is 4. The van der Waals surface area contributed by atoms with Crippen molar-refractivity contribution >= 4 is 0 Å². The molecule has 0 aliphatic carbocycles. The van der Waals surface area contributed by atoms with Crippen LogP contribution in [0, 0.1) is 0 Å². The van der Waals surface area contributed by atoms with Crippen LogP contribution in [-0.4, -0.2) is 13.7 Å². The van der Waals surface area contributed by atoms with Crippen LogP contribution in [0.3, 0.4) is 0 Å². The molecule has 0 bridgehead atoms. The molecule has 0 aliphatic rings. The number of hydrogen-bond acceptors (Lipinski definition) is 2. The minimum Gasteiger partial charge on any atom is -0.497 e. The molecule has 2 aromatic rings. The van der Waals surface area contributed by atoms with E-state index in [4.69, 9.17) is 10.5 Å². The average Bonchev–Trinajstić information content (AvgIpc) is 2.40. The van der Waals surface area contributed by atoms with Crippen molar-refractivity contribution in [2.24, 2.45) is 5.73 Å². The second-order valence-corrected chi connectivity index (χ2v) is 3.93. The zero-order chi connectivity index (χ0) is 12.1. The fraction of sp³-hybridized carbons (Fsp3) is 0.200. The van der Waals surface area contributed by atoms with Gasteiger partial charge in [0.15, 0.2) is 0 Å². The van der Waals surface area contributed by atoms with Gasteiger partial charge in [0.25, 0.3) is 0 Å². The van der Waals surface area contributed by atoms with Crippen LogP contribution >= 0.6 is 0 Å². The smallest absolute Gasteiger partial charge is 0.119 e. The molecule has 0 aliphatic heterocycles. The predicted molar refractivity (Wildman–Crippen MR) is 71.2 cm³/mol. The van der Waals surface area contributed by atoms with Crippen molar-refractivity contribution in [3.8, 4) is 16.9 Å². The molecule has 2 N–H and O–H groups in total. The minimum atomic E-state index is 0.668. The summed E-state index contributed by atoms with van der Waals surface area (Å²) >= 11 is 0. The van der Waals surface area contributed by atoms with Gasteiger partial charge in [-0.1, -0.05) is 36.4 Å². The maximum Gasteiger partial charge on any atom is 0.119 e. The molecule has 0 heterocycles. The first kappa shape index (κ1) is 11.7. The van der Waals surface area contributed by atoms with Gasteiger partial charge in [-0.05, 0) is 41.8 Å². The van der Waals surface area contributed by atoms with Gasteiger partial charge in [-0.25, -0.2) is 0 Å². The predicted octanol–water partition coefficient (Wildman–Crippen LogP) is 2.86. The molecule has 0 fully saturated rings. The summed E-state index contributed by atoms with van der Waals surface area (Å²) in [6, 6.07) is 16.5. The Morgan fingerprint density at radius 2 is 1.88 bits per heavy atom. The molecule has 0 spiro atoms. The third-order valence-electron chi connectivity index (χ3n) is 2.81. The standard InChI is InChI=1S/C15H17NO/c1-17-14-7-4-6-13(11-14)15-8-3-2-5-12(15)9-10-16/h2-8,11H,9-10,16H2,1H3. The maximum absolute atomic E-state index is 5.64. The number of methoxy groups -OCH3 is 1. The lowest BCUT2D eigenvalue weighted by Crippen LogP contribution is -2.03. The number of ether oxygens (including phenoxy) is 1. The van der Waals surface area contributed by atoms with E-state index in [1.165, 1.54) is 16.7 Å². The van der Waals surface area contributed by atoms with Crippen LogP contribution in [-0.2, 0) is 6.42 Å². The molecule has 2 rings (SSSR count). The minimum absolute atomic E-state index is 0.668. The highest BCUT2D eigenvalue weighted by Crippen LogP contribution is 2.26. The monoisotopic (exact) mass is 227 g/mol. The summed E-state index contributed by atoms with van der Waals surface area (Å²) in [7, 11) is 1.69. The van der Waals surface area contributed by atoms with Crippen LogP contribution in [0.4, 0.5) is 0 Å². The molecule has 2 heteroatoms. The fourth-order valence-electron chi connectivity index (χ4n) is 1.97. The summed E-state index contributed by atoms with van der Waals surface area (Å²) in [6.07, 6.45) is 0.896. The molecule has 17 heavy (non-hydrogen) atoms. The van der Waals surface area contributed by atoms with E-state index < -0.39 is 0 Å². The van der Waals surface area contributed by atoms with Crippen LogP contribution < -0.4 is 10.5 Å². The van der Waals surface area contributed by atoms with Gasteiger partial charge in [0.2, 0.25) is 0 Å². The molecule has 0 saturated heterocycles. The second-order valence-electron chi connectivity index (χ2n) is 3.93. The Hall–Kier alpha value is -1.80. The van der Waals surface area contributed by atoms with Gasteiger partial charge in [0.1, 0.15) is 5.75 Å². The quantitative estimate of drug-likeness (QED) is 0.871. The van der Waals surface area contributed by atoms with Crippen molar-refractivity contribution in [2.75, 3.05) is 13.7 Å². The SMILES string of the molecule is COc1cccc(-c2ccccc2CCN)c1. The largest absolute Gasteiger partial charge is 0.497 e. The molecule has 0 atom stereocenters. The summed E-state index contributed by atoms with van der Waals surface area (Å²) in [5, 5.41) is 0. The normalized spacial score (nSPS) is 10.2. The topological polar surface area (TPSA) is 35.2 Å². The summed E-state index contributed by atoms with van der Waals surface area (Å²) in [4.78, 5) is 0. The number of nitrogens with two attached hydrogens (primary N) is 1. The highest BCUT2D eigenvalue weighted by atomic mass is 16.5.